The summed E-state index contributed by atoms with van der Waals surface area (Å²) >= 11 is 0. The van der Waals surface area contributed by atoms with Crippen molar-refractivity contribution in [2.24, 2.45) is 0 Å². The lowest BCUT2D eigenvalue weighted by molar-refractivity contribution is -0.187. The van der Waals surface area contributed by atoms with Crippen LogP contribution in [0.2, 0.25) is 0 Å². The third kappa shape index (κ3) is 5.94. The Hall–Kier alpha value is -2.67. The monoisotopic (exact) mass is 422 g/mol. The Kier molecular flexibility index (Phi) is 7.02. The number of nitrogens with zero attached hydrogens (tertiary/aromatic N) is 2. The SMILES string of the molecule is COc1ccc(COCC2COC(CCc3ccc(C)cc3)(Cn3ccnc3)O2)cc1. The van der Waals surface area contributed by atoms with Crippen LogP contribution in [0.15, 0.2) is 67.3 Å². The van der Waals surface area contributed by atoms with Crippen molar-refractivity contribution in [3.05, 3.63) is 83.9 Å². The molecule has 0 N–H and O–H groups in total. The van der Waals surface area contributed by atoms with Crippen LogP contribution in [0.4, 0.5) is 0 Å². The second-order valence-electron chi connectivity index (χ2n) is 8.05. The maximum atomic E-state index is 6.43. The van der Waals surface area contributed by atoms with E-state index in [1.807, 2.05) is 35.0 Å². The Balaban J connectivity index is 1.33. The van der Waals surface area contributed by atoms with Crippen molar-refractivity contribution < 1.29 is 18.9 Å². The lowest BCUT2D eigenvalue weighted by atomic mass is 10.0. The number of methoxy groups -OCH3 is 1. The van der Waals surface area contributed by atoms with Gasteiger partial charge in [0.2, 0.25) is 0 Å². The first-order valence-corrected chi connectivity index (χ1v) is 10.7. The highest BCUT2D eigenvalue weighted by Gasteiger charge is 2.41. The minimum absolute atomic E-state index is 0.0974. The lowest BCUT2D eigenvalue weighted by Gasteiger charge is -2.28. The number of imidazole rings is 1. The first kappa shape index (κ1) is 21.6. The smallest absolute Gasteiger partial charge is 0.187 e. The van der Waals surface area contributed by atoms with Crippen LogP contribution in [0.5, 0.6) is 5.75 Å². The predicted molar refractivity (Wildman–Crippen MR) is 118 cm³/mol. The van der Waals surface area contributed by atoms with Gasteiger partial charge in [-0.25, -0.2) is 4.98 Å². The average molecular weight is 423 g/mol. The Bertz CT molecular complexity index is 925. The number of hydrogen-bond acceptors (Lipinski definition) is 5. The molecule has 164 valence electrons. The molecule has 1 aliphatic heterocycles. The minimum Gasteiger partial charge on any atom is -0.497 e. The summed E-state index contributed by atoms with van der Waals surface area (Å²) in [6, 6.07) is 16.5. The van der Waals surface area contributed by atoms with Crippen LogP contribution in [-0.2, 0) is 33.8 Å². The molecule has 1 aliphatic rings. The summed E-state index contributed by atoms with van der Waals surface area (Å²) in [7, 11) is 1.66. The van der Waals surface area contributed by atoms with E-state index < -0.39 is 5.79 Å². The molecule has 1 saturated heterocycles. The molecular weight excluding hydrogens is 392 g/mol. The van der Waals surface area contributed by atoms with Crippen molar-refractivity contribution in [1.82, 2.24) is 9.55 Å². The van der Waals surface area contributed by atoms with Gasteiger partial charge in [0.15, 0.2) is 5.79 Å². The average Bonchev–Trinajstić information content (AvgIpc) is 3.45. The number of rotatable bonds is 10. The van der Waals surface area contributed by atoms with E-state index in [2.05, 4.69) is 36.2 Å². The van der Waals surface area contributed by atoms with Gasteiger partial charge in [0, 0.05) is 18.8 Å². The fourth-order valence-electron chi connectivity index (χ4n) is 3.77. The normalized spacial score (nSPS) is 20.8. The molecule has 4 rings (SSSR count). The summed E-state index contributed by atoms with van der Waals surface area (Å²) in [6.45, 7) is 4.24. The van der Waals surface area contributed by atoms with Gasteiger partial charge in [0.1, 0.15) is 11.9 Å². The molecule has 6 nitrogen and oxygen atoms in total. The number of ether oxygens (including phenoxy) is 4. The number of benzene rings is 2. The Morgan fingerprint density at radius 1 is 1.10 bits per heavy atom. The molecule has 0 amide bonds. The van der Waals surface area contributed by atoms with Crippen LogP contribution < -0.4 is 4.74 Å². The van der Waals surface area contributed by atoms with Gasteiger partial charge in [0.05, 0.1) is 39.8 Å². The highest BCUT2D eigenvalue weighted by molar-refractivity contribution is 5.26. The second-order valence-corrected chi connectivity index (χ2v) is 8.05. The molecule has 2 atom stereocenters. The van der Waals surface area contributed by atoms with E-state index in [9.17, 15) is 0 Å². The summed E-state index contributed by atoms with van der Waals surface area (Å²) < 4.78 is 25.8. The molecule has 1 aromatic heterocycles. The van der Waals surface area contributed by atoms with Gasteiger partial charge in [-0.05, 0) is 36.6 Å². The van der Waals surface area contributed by atoms with Crippen LogP contribution in [0.1, 0.15) is 23.1 Å². The maximum Gasteiger partial charge on any atom is 0.187 e. The third-order valence-electron chi connectivity index (χ3n) is 5.54. The number of aromatic nitrogens is 2. The molecule has 6 heteroatoms. The van der Waals surface area contributed by atoms with E-state index in [0.717, 1.165) is 24.2 Å². The lowest BCUT2D eigenvalue weighted by Crippen LogP contribution is -2.37. The summed E-state index contributed by atoms with van der Waals surface area (Å²) in [5.41, 5.74) is 3.64. The van der Waals surface area contributed by atoms with E-state index in [1.54, 1.807) is 19.6 Å². The zero-order chi connectivity index (χ0) is 21.5. The second kappa shape index (κ2) is 10.1. The molecule has 0 saturated carbocycles. The molecule has 0 aliphatic carbocycles. The molecule has 0 bridgehead atoms. The number of hydrogen-bond donors (Lipinski definition) is 0. The van der Waals surface area contributed by atoms with E-state index in [1.165, 1.54) is 11.1 Å². The summed E-state index contributed by atoms with van der Waals surface area (Å²) in [4.78, 5) is 4.16. The van der Waals surface area contributed by atoms with Gasteiger partial charge < -0.3 is 23.5 Å². The first-order valence-electron chi connectivity index (χ1n) is 10.7. The van der Waals surface area contributed by atoms with Crippen molar-refractivity contribution in [2.75, 3.05) is 20.3 Å². The molecule has 2 unspecified atom stereocenters. The Morgan fingerprint density at radius 2 is 1.87 bits per heavy atom. The fraction of sp³-hybridized carbons (Fsp3) is 0.400. The van der Waals surface area contributed by atoms with Gasteiger partial charge in [-0.1, -0.05) is 42.0 Å². The van der Waals surface area contributed by atoms with Crippen LogP contribution in [0, 0.1) is 6.92 Å². The van der Waals surface area contributed by atoms with Crippen LogP contribution in [0.3, 0.4) is 0 Å². The molecule has 0 spiro atoms. The van der Waals surface area contributed by atoms with Crippen LogP contribution in [-0.4, -0.2) is 41.8 Å². The van der Waals surface area contributed by atoms with Crippen molar-refractivity contribution >= 4 is 0 Å². The summed E-state index contributed by atoms with van der Waals surface area (Å²) in [5, 5.41) is 0. The van der Waals surface area contributed by atoms with Gasteiger partial charge in [-0.2, -0.15) is 0 Å². The first-order chi connectivity index (χ1) is 15.1. The maximum absolute atomic E-state index is 6.43. The number of aryl methyl sites for hydroxylation is 2. The molecule has 2 aromatic carbocycles. The van der Waals surface area contributed by atoms with Crippen LogP contribution in [0.25, 0.3) is 0 Å². The fourth-order valence-corrected chi connectivity index (χ4v) is 3.77. The highest BCUT2D eigenvalue weighted by Crippen LogP contribution is 2.31. The van der Waals surface area contributed by atoms with Gasteiger partial charge in [-0.15, -0.1) is 0 Å². The molecular formula is C25H30N2O4. The van der Waals surface area contributed by atoms with Crippen molar-refractivity contribution in [1.29, 1.82) is 0 Å². The highest BCUT2D eigenvalue weighted by atomic mass is 16.8. The zero-order valence-corrected chi connectivity index (χ0v) is 18.2. The molecule has 31 heavy (non-hydrogen) atoms. The van der Waals surface area contributed by atoms with Gasteiger partial charge in [-0.3, -0.25) is 0 Å². The molecule has 2 heterocycles. The van der Waals surface area contributed by atoms with E-state index in [4.69, 9.17) is 18.9 Å². The van der Waals surface area contributed by atoms with E-state index in [0.29, 0.717) is 26.4 Å². The quantitative estimate of drug-likeness (QED) is 0.491. The van der Waals surface area contributed by atoms with Gasteiger partial charge >= 0.3 is 0 Å². The standard InChI is InChI=1S/C25H30N2O4/c1-20-3-5-21(6-4-20)11-12-25(18-27-14-13-26-19-27)30-17-24(31-25)16-29-15-22-7-9-23(28-2)10-8-22/h3-10,13-14,19,24H,11-12,15-18H2,1-2H3. The summed E-state index contributed by atoms with van der Waals surface area (Å²) in [6.07, 6.45) is 7.07. The summed E-state index contributed by atoms with van der Waals surface area (Å²) in [5.74, 6) is 0.161. The van der Waals surface area contributed by atoms with Crippen molar-refractivity contribution in [3.63, 3.8) is 0 Å². The van der Waals surface area contributed by atoms with Crippen molar-refractivity contribution in [3.8, 4) is 5.75 Å². The zero-order valence-electron chi connectivity index (χ0n) is 18.2. The van der Waals surface area contributed by atoms with Crippen molar-refractivity contribution in [2.45, 2.75) is 44.8 Å². The largest absolute Gasteiger partial charge is 0.497 e. The molecule has 0 radical (unpaired) electrons. The molecule has 3 aromatic rings. The minimum atomic E-state index is -0.681. The van der Waals surface area contributed by atoms with E-state index >= 15 is 0 Å². The van der Waals surface area contributed by atoms with Gasteiger partial charge in [0.25, 0.3) is 0 Å². The Labute approximate surface area is 183 Å². The predicted octanol–water partition coefficient (Wildman–Crippen LogP) is 4.16. The van der Waals surface area contributed by atoms with E-state index in [-0.39, 0.29) is 6.10 Å². The third-order valence-corrected chi connectivity index (χ3v) is 5.54. The topological polar surface area (TPSA) is 54.7 Å². The Morgan fingerprint density at radius 3 is 2.58 bits per heavy atom. The molecule has 1 fully saturated rings. The van der Waals surface area contributed by atoms with Crippen LogP contribution >= 0.6 is 0 Å².